The van der Waals surface area contributed by atoms with Crippen LogP contribution < -0.4 is 10.2 Å². The fourth-order valence-corrected chi connectivity index (χ4v) is 4.36. The summed E-state index contributed by atoms with van der Waals surface area (Å²) < 4.78 is 5.27. The van der Waals surface area contributed by atoms with Crippen LogP contribution in [0.15, 0.2) is 41.8 Å². The predicted octanol–water partition coefficient (Wildman–Crippen LogP) is 2.97. The molecule has 1 saturated heterocycles. The molecule has 2 fully saturated rings. The van der Waals surface area contributed by atoms with Crippen LogP contribution in [0.5, 0.6) is 0 Å². The van der Waals surface area contributed by atoms with E-state index in [0.29, 0.717) is 0 Å². The highest BCUT2D eigenvalue weighted by Crippen LogP contribution is 2.43. The number of hydrogen-bond acceptors (Lipinski definition) is 5. The van der Waals surface area contributed by atoms with Gasteiger partial charge in [-0.2, -0.15) is 0 Å². The third kappa shape index (κ3) is 3.94. The molecule has 1 saturated carbocycles. The van der Waals surface area contributed by atoms with Crippen LogP contribution in [0.3, 0.4) is 0 Å². The molecule has 2 amide bonds. The molecule has 7 heteroatoms. The Kier molecular flexibility index (Phi) is 5.17. The number of rotatable bonds is 6. The summed E-state index contributed by atoms with van der Waals surface area (Å²) in [5, 5.41) is 4.72. The van der Waals surface area contributed by atoms with Gasteiger partial charge in [0.05, 0.1) is 12.0 Å². The van der Waals surface area contributed by atoms with Crippen LogP contribution in [0.25, 0.3) is 0 Å². The van der Waals surface area contributed by atoms with Gasteiger partial charge in [0.2, 0.25) is 5.91 Å². The molecule has 1 aliphatic carbocycles. The zero-order valence-corrected chi connectivity index (χ0v) is 16.4. The van der Waals surface area contributed by atoms with Crippen molar-refractivity contribution in [2.75, 3.05) is 11.5 Å². The number of thiophene rings is 1. The molecule has 2 atom stereocenters. The number of nitrogens with zero attached hydrogens (tertiary/aromatic N) is 1. The van der Waals surface area contributed by atoms with E-state index >= 15 is 0 Å². The SMILES string of the molecule is Cc1ccc(N2C(=O)CC(C(=O)OCC(=O)NC3CC3)C2c2cccs2)cc1. The third-order valence-electron chi connectivity index (χ3n) is 5.06. The van der Waals surface area contributed by atoms with Crippen LogP contribution >= 0.6 is 11.3 Å². The largest absolute Gasteiger partial charge is 0.455 e. The van der Waals surface area contributed by atoms with E-state index in [9.17, 15) is 14.4 Å². The summed E-state index contributed by atoms with van der Waals surface area (Å²) in [5.41, 5.74) is 1.86. The van der Waals surface area contributed by atoms with Crippen molar-refractivity contribution in [3.63, 3.8) is 0 Å². The minimum atomic E-state index is -0.638. The van der Waals surface area contributed by atoms with E-state index in [1.54, 1.807) is 4.90 Å². The summed E-state index contributed by atoms with van der Waals surface area (Å²) in [6, 6.07) is 11.3. The van der Waals surface area contributed by atoms with Crippen LogP contribution in [-0.2, 0) is 19.1 Å². The van der Waals surface area contributed by atoms with Gasteiger partial charge in [0.25, 0.3) is 5.91 Å². The number of nitrogens with one attached hydrogen (secondary N) is 1. The molecule has 4 rings (SSSR count). The lowest BCUT2D eigenvalue weighted by atomic mass is 9.99. The van der Waals surface area contributed by atoms with Crippen LogP contribution in [0.2, 0.25) is 0 Å². The molecular weight excluding hydrogens is 376 g/mol. The van der Waals surface area contributed by atoms with E-state index in [-0.39, 0.29) is 30.9 Å². The Hall–Kier alpha value is -2.67. The molecule has 2 heterocycles. The second kappa shape index (κ2) is 7.75. The molecule has 0 bridgehead atoms. The van der Waals surface area contributed by atoms with Gasteiger partial charge in [0, 0.05) is 23.0 Å². The summed E-state index contributed by atoms with van der Waals surface area (Å²) in [7, 11) is 0. The van der Waals surface area contributed by atoms with Crippen LogP contribution in [-0.4, -0.2) is 30.4 Å². The highest BCUT2D eigenvalue weighted by atomic mass is 32.1. The first kappa shape index (κ1) is 18.7. The van der Waals surface area contributed by atoms with E-state index < -0.39 is 17.9 Å². The van der Waals surface area contributed by atoms with E-state index in [0.717, 1.165) is 29.0 Å². The van der Waals surface area contributed by atoms with Gasteiger partial charge in [-0.3, -0.25) is 14.4 Å². The number of benzene rings is 1. The summed E-state index contributed by atoms with van der Waals surface area (Å²) in [4.78, 5) is 40.0. The molecule has 6 nitrogen and oxygen atoms in total. The number of carbonyl (C=O) groups excluding carboxylic acids is 3. The maximum absolute atomic E-state index is 12.8. The number of anilines is 1. The van der Waals surface area contributed by atoms with Crippen molar-refractivity contribution >= 4 is 34.8 Å². The molecular formula is C21H22N2O4S. The highest BCUT2D eigenvalue weighted by molar-refractivity contribution is 7.10. The quantitative estimate of drug-likeness (QED) is 0.759. The number of carbonyl (C=O) groups is 3. The van der Waals surface area contributed by atoms with Crippen molar-refractivity contribution < 1.29 is 19.1 Å². The van der Waals surface area contributed by atoms with Gasteiger partial charge in [-0.15, -0.1) is 11.3 Å². The van der Waals surface area contributed by atoms with Gasteiger partial charge in [0.15, 0.2) is 6.61 Å². The molecule has 0 radical (unpaired) electrons. The number of aryl methyl sites for hydroxylation is 1. The minimum Gasteiger partial charge on any atom is -0.455 e. The minimum absolute atomic E-state index is 0.0690. The van der Waals surface area contributed by atoms with Gasteiger partial charge < -0.3 is 15.0 Å². The Bertz CT molecular complexity index is 874. The lowest BCUT2D eigenvalue weighted by Gasteiger charge is -2.27. The van der Waals surface area contributed by atoms with Gasteiger partial charge in [-0.05, 0) is 43.3 Å². The maximum atomic E-state index is 12.8. The van der Waals surface area contributed by atoms with Crippen molar-refractivity contribution in [3.05, 3.63) is 52.2 Å². The topological polar surface area (TPSA) is 75.7 Å². The fourth-order valence-electron chi connectivity index (χ4n) is 3.48. The van der Waals surface area contributed by atoms with Crippen molar-refractivity contribution in [2.24, 2.45) is 5.92 Å². The standard InChI is InChI=1S/C21H22N2O4S/c1-13-4-8-15(9-5-13)23-19(25)11-16(20(23)17-3-2-10-28-17)21(26)27-12-18(24)22-14-6-7-14/h2-5,8-10,14,16,20H,6-7,11-12H2,1H3,(H,22,24). The first-order valence-electron chi connectivity index (χ1n) is 9.41. The number of hydrogen-bond donors (Lipinski definition) is 1. The van der Waals surface area contributed by atoms with Crippen molar-refractivity contribution in [2.45, 2.75) is 38.3 Å². The Balaban J connectivity index is 1.54. The van der Waals surface area contributed by atoms with Gasteiger partial charge >= 0.3 is 5.97 Å². The van der Waals surface area contributed by atoms with Gasteiger partial charge in [0.1, 0.15) is 0 Å². The van der Waals surface area contributed by atoms with Crippen LogP contribution in [0, 0.1) is 12.8 Å². The average Bonchev–Trinajstić information content (AvgIpc) is 3.19. The maximum Gasteiger partial charge on any atom is 0.312 e. The van der Waals surface area contributed by atoms with E-state index in [2.05, 4.69) is 5.32 Å². The zero-order valence-electron chi connectivity index (χ0n) is 15.6. The Morgan fingerprint density at radius 2 is 1.96 bits per heavy atom. The number of esters is 1. The molecule has 1 aliphatic heterocycles. The lowest BCUT2D eigenvalue weighted by Crippen LogP contribution is -2.33. The van der Waals surface area contributed by atoms with E-state index in [1.165, 1.54) is 11.3 Å². The summed E-state index contributed by atoms with van der Waals surface area (Å²) >= 11 is 1.51. The zero-order chi connectivity index (χ0) is 19.7. The monoisotopic (exact) mass is 398 g/mol. The Morgan fingerprint density at radius 3 is 2.61 bits per heavy atom. The Morgan fingerprint density at radius 1 is 1.21 bits per heavy atom. The molecule has 0 spiro atoms. The highest BCUT2D eigenvalue weighted by Gasteiger charge is 2.46. The summed E-state index contributed by atoms with van der Waals surface area (Å²) in [6.07, 6.45) is 2.02. The molecule has 2 aliphatic rings. The van der Waals surface area contributed by atoms with Crippen molar-refractivity contribution in [3.8, 4) is 0 Å². The van der Waals surface area contributed by atoms with Crippen LogP contribution in [0.4, 0.5) is 5.69 Å². The van der Waals surface area contributed by atoms with Crippen LogP contribution in [0.1, 0.15) is 35.7 Å². The molecule has 146 valence electrons. The molecule has 28 heavy (non-hydrogen) atoms. The third-order valence-corrected chi connectivity index (χ3v) is 6.00. The van der Waals surface area contributed by atoms with Crippen molar-refractivity contribution in [1.82, 2.24) is 5.32 Å². The second-order valence-electron chi connectivity index (χ2n) is 7.32. The molecule has 2 aromatic rings. The first-order valence-corrected chi connectivity index (χ1v) is 10.3. The second-order valence-corrected chi connectivity index (χ2v) is 8.30. The predicted molar refractivity (Wildman–Crippen MR) is 106 cm³/mol. The van der Waals surface area contributed by atoms with Gasteiger partial charge in [-0.25, -0.2) is 0 Å². The molecule has 1 aromatic carbocycles. The molecule has 1 N–H and O–H groups in total. The first-order chi connectivity index (χ1) is 13.5. The summed E-state index contributed by atoms with van der Waals surface area (Å²) in [6.45, 7) is 1.68. The van der Waals surface area contributed by atoms with E-state index in [1.807, 2.05) is 48.7 Å². The van der Waals surface area contributed by atoms with Gasteiger partial charge in [-0.1, -0.05) is 23.8 Å². The Labute approximate surface area is 167 Å². The lowest BCUT2D eigenvalue weighted by molar-refractivity contribution is -0.153. The normalized spacial score (nSPS) is 21.6. The molecule has 1 aromatic heterocycles. The van der Waals surface area contributed by atoms with Crippen molar-refractivity contribution in [1.29, 1.82) is 0 Å². The smallest absolute Gasteiger partial charge is 0.312 e. The summed E-state index contributed by atoms with van der Waals surface area (Å²) in [5.74, 6) is -1.55. The number of amides is 2. The molecule has 2 unspecified atom stereocenters. The fraction of sp³-hybridized carbons (Fsp3) is 0.381. The average molecular weight is 398 g/mol. The number of ether oxygens (including phenoxy) is 1. The van der Waals surface area contributed by atoms with E-state index in [4.69, 9.17) is 4.74 Å².